The highest BCUT2D eigenvalue weighted by atomic mass is 16.5. The summed E-state index contributed by atoms with van der Waals surface area (Å²) in [5, 5.41) is 2.92. The minimum atomic E-state index is -0.0321. The quantitative estimate of drug-likeness (QED) is 0.892. The first-order valence-electron chi connectivity index (χ1n) is 7.52. The lowest BCUT2D eigenvalue weighted by atomic mass is 10.1. The normalized spacial score (nSPS) is 10.4. The fraction of sp³-hybridized carbons (Fsp3) is 0.316. The van der Waals surface area contributed by atoms with Crippen LogP contribution in [-0.4, -0.2) is 12.5 Å². The second-order valence-corrected chi connectivity index (χ2v) is 5.79. The number of ether oxygens (including phenoxy) is 1. The Kier molecular flexibility index (Phi) is 5.21. The molecule has 0 aliphatic rings. The summed E-state index contributed by atoms with van der Waals surface area (Å²) >= 11 is 0. The Labute approximate surface area is 132 Å². The zero-order valence-corrected chi connectivity index (χ0v) is 13.7. The molecule has 3 nitrogen and oxygen atoms in total. The first-order valence-corrected chi connectivity index (χ1v) is 7.52. The molecule has 0 fully saturated rings. The number of benzene rings is 2. The number of carbonyl (C=O) groups excluding carboxylic acids is 1. The van der Waals surface area contributed by atoms with Crippen molar-refractivity contribution in [2.75, 3.05) is 11.9 Å². The van der Waals surface area contributed by atoms with Crippen LogP contribution in [0, 0.1) is 27.7 Å². The lowest BCUT2D eigenvalue weighted by molar-refractivity contribution is -0.116. The van der Waals surface area contributed by atoms with Crippen molar-refractivity contribution in [2.45, 2.75) is 34.1 Å². The van der Waals surface area contributed by atoms with E-state index in [-0.39, 0.29) is 5.91 Å². The number of rotatable bonds is 5. The number of anilines is 1. The summed E-state index contributed by atoms with van der Waals surface area (Å²) in [6.07, 6.45) is 0.334. The molecule has 0 heterocycles. The molecule has 116 valence electrons. The second-order valence-electron chi connectivity index (χ2n) is 5.79. The van der Waals surface area contributed by atoms with Crippen LogP contribution >= 0.6 is 0 Å². The highest BCUT2D eigenvalue weighted by molar-refractivity contribution is 5.90. The predicted octanol–water partition coefficient (Wildman–Crippen LogP) is 4.33. The molecule has 0 saturated heterocycles. The third-order valence-corrected chi connectivity index (χ3v) is 3.44. The van der Waals surface area contributed by atoms with Crippen molar-refractivity contribution in [3.63, 3.8) is 0 Å². The number of hydrogen-bond acceptors (Lipinski definition) is 2. The van der Waals surface area contributed by atoms with Gasteiger partial charge in [-0.1, -0.05) is 18.2 Å². The van der Waals surface area contributed by atoms with Gasteiger partial charge in [-0.3, -0.25) is 4.79 Å². The lowest BCUT2D eigenvalue weighted by Crippen LogP contribution is -2.15. The number of carbonyl (C=O) groups is 1. The first-order chi connectivity index (χ1) is 10.4. The van der Waals surface area contributed by atoms with Crippen LogP contribution in [0.15, 0.2) is 36.4 Å². The molecule has 0 spiro atoms. The molecule has 1 amide bonds. The lowest BCUT2D eigenvalue weighted by Gasteiger charge is -2.11. The van der Waals surface area contributed by atoms with Crippen LogP contribution in [0.1, 0.15) is 28.7 Å². The summed E-state index contributed by atoms with van der Waals surface area (Å²) in [4.78, 5) is 12.0. The Morgan fingerprint density at radius 2 is 1.64 bits per heavy atom. The number of hydrogen-bond donors (Lipinski definition) is 1. The zero-order chi connectivity index (χ0) is 16.1. The maximum Gasteiger partial charge on any atom is 0.227 e. The van der Waals surface area contributed by atoms with E-state index in [2.05, 4.69) is 17.4 Å². The molecule has 2 rings (SSSR count). The van der Waals surface area contributed by atoms with Crippen LogP contribution in [-0.2, 0) is 4.79 Å². The molecule has 0 aliphatic carbocycles. The molecular formula is C19H23NO2. The van der Waals surface area contributed by atoms with Crippen molar-refractivity contribution in [3.05, 3.63) is 58.7 Å². The molecule has 2 aromatic carbocycles. The highest BCUT2D eigenvalue weighted by Crippen LogP contribution is 2.19. The minimum absolute atomic E-state index is 0.0321. The largest absolute Gasteiger partial charge is 0.493 e. The van der Waals surface area contributed by atoms with E-state index >= 15 is 0 Å². The van der Waals surface area contributed by atoms with E-state index in [4.69, 9.17) is 4.74 Å². The van der Waals surface area contributed by atoms with E-state index in [1.54, 1.807) is 0 Å². The summed E-state index contributed by atoms with van der Waals surface area (Å²) in [7, 11) is 0. The van der Waals surface area contributed by atoms with Crippen LogP contribution in [0.2, 0.25) is 0 Å². The fourth-order valence-electron chi connectivity index (χ4n) is 2.39. The van der Waals surface area contributed by atoms with Gasteiger partial charge < -0.3 is 10.1 Å². The molecule has 3 heteroatoms. The maximum atomic E-state index is 12.0. The van der Waals surface area contributed by atoms with Crippen molar-refractivity contribution >= 4 is 11.6 Å². The van der Waals surface area contributed by atoms with Crippen LogP contribution < -0.4 is 10.1 Å². The van der Waals surface area contributed by atoms with Gasteiger partial charge in [-0.2, -0.15) is 0 Å². The van der Waals surface area contributed by atoms with Gasteiger partial charge in [0.25, 0.3) is 0 Å². The molecule has 22 heavy (non-hydrogen) atoms. The number of aryl methyl sites for hydroxylation is 4. The van der Waals surface area contributed by atoms with Gasteiger partial charge in [0.15, 0.2) is 0 Å². The molecule has 0 atom stereocenters. The van der Waals surface area contributed by atoms with E-state index in [1.165, 1.54) is 0 Å². The van der Waals surface area contributed by atoms with Crippen molar-refractivity contribution in [1.29, 1.82) is 0 Å². The zero-order valence-electron chi connectivity index (χ0n) is 13.7. The van der Waals surface area contributed by atoms with E-state index in [0.717, 1.165) is 33.7 Å². The minimum Gasteiger partial charge on any atom is -0.493 e. The average molecular weight is 297 g/mol. The molecule has 0 aliphatic heterocycles. The number of nitrogens with one attached hydrogen (secondary N) is 1. The smallest absolute Gasteiger partial charge is 0.227 e. The Bertz CT molecular complexity index is 657. The summed E-state index contributed by atoms with van der Waals surface area (Å²) in [6.45, 7) is 8.45. The van der Waals surface area contributed by atoms with Gasteiger partial charge in [0.1, 0.15) is 5.75 Å². The molecule has 0 saturated carbocycles. The first kappa shape index (κ1) is 16.1. The summed E-state index contributed by atoms with van der Waals surface area (Å²) in [6, 6.07) is 12.1. The van der Waals surface area contributed by atoms with Crippen molar-refractivity contribution < 1.29 is 9.53 Å². The Hall–Kier alpha value is -2.29. The molecule has 0 radical (unpaired) electrons. The monoisotopic (exact) mass is 297 g/mol. The fourth-order valence-corrected chi connectivity index (χ4v) is 2.39. The molecule has 1 N–H and O–H groups in total. The third kappa shape index (κ3) is 4.62. The third-order valence-electron chi connectivity index (χ3n) is 3.44. The van der Waals surface area contributed by atoms with Gasteiger partial charge in [-0.15, -0.1) is 0 Å². The van der Waals surface area contributed by atoms with Crippen molar-refractivity contribution in [3.8, 4) is 5.75 Å². The van der Waals surface area contributed by atoms with Gasteiger partial charge in [-0.25, -0.2) is 0 Å². The molecule has 0 unspecified atom stereocenters. The standard InChI is InChI=1S/C19H23NO2/c1-13-5-6-16(4)18(12-13)22-8-7-19(21)20-17-10-14(2)9-15(3)11-17/h5-6,9-12H,7-8H2,1-4H3,(H,20,21). The maximum absolute atomic E-state index is 12.0. The Morgan fingerprint density at radius 1 is 0.955 bits per heavy atom. The number of amides is 1. The van der Waals surface area contributed by atoms with Crippen molar-refractivity contribution in [1.82, 2.24) is 0 Å². The van der Waals surface area contributed by atoms with Crippen LogP contribution in [0.4, 0.5) is 5.69 Å². The van der Waals surface area contributed by atoms with Gasteiger partial charge in [-0.05, 0) is 68.1 Å². The molecular weight excluding hydrogens is 274 g/mol. The van der Waals surface area contributed by atoms with Crippen LogP contribution in [0.5, 0.6) is 5.75 Å². The molecule has 0 aromatic heterocycles. The SMILES string of the molecule is Cc1cc(C)cc(NC(=O)CCOc2cc(C)ccc2C)c1. The van der Waals surface area contributed by atoms with Gasteiger partial charge in [0.2, 0.25) is 5.91 Å². The van der Waals surface area contributed by atoms with E-state index in [1.807, 2.05) is 52.0 Å². The van der Waals surface area contributed by atoms with E-state index in [9.17, 15) is 4.79 Å². The summed E-state index contributed by atoms with van der Waals surface area (Å²) in [5.41, 5.74) is 5.36. The van der Waals surface area contributed by atoms with Gasteiger partial charge in [0.05, 0.1) is 13.0 Å². The summed E-state index contributed by atoms with van der Waals surface area (Å²) in [5.74, 6) is 0.814. The van der Waals surface area contributed by atoms with E-state index in [0.29, 0.717) is 13.0 Å². The summed E-state index contributed by atoms with van der Waals surface area (Å²) < 4.78 is 5.71. The highest BCUT2D eigenvalue weighted by Gasteiger charge is 2.05. The topological polar surface area (TPSA) is 38.3 Å². The Balaban J connectivity index is 1.86. The predicted molar refractivity (Wildman–Crippen MR) is 90.6 cm³/mol. The van der Waals surface area contributed by atoms with Crippen molar-refractivity contribution in [2.24, 2.45) is 0 Å². The van der Waals surface area contributed by atoms with Crippen LogP contribution in [0.25, 0.3) is 0 Å². The van der Waals surface area contributed by atoms with Crippen LogP contribution in [0.3, 0.4) is 0 Å². The van der Waals surface area contributed by atoms with Gasteiger partial charge in [0, 0.05) is 5.69 Å². The van der Waals surface area contributed by atoms with E-state index < -0.39 is 0 Å². The average Bonchev–Trinajstić information content (AvgIpc) is 2.41. The second kappa shape index (κ2) is 7.12. The molecule has 2 aromatic rings. The molecule has 0 bridgehead atoms. The van der Waals surface area contributed by atoms with Gasteiger partial charge >= 0.3 is 0 Å². The Morgan fingerprint density at radius 3 is 2.32 bits per heavy atom.